The van der Waals surface area contributed by atoms with Crippen LogP contribution in [0, 0.1) is 7.43 Å². The normalized spacial score (nSPS) is 12.5. The molecule has 0 aliphatic rings. The fourth-order valence-corrected chi connectivity index (χ4v) is 2.27. The molecule has 0 aliphatic carbocycles. The molecule has 0 aromatic heterocycles. The number of aliphatic hydroxyl groups excluding tert-OH is 1. The maximum Gasteiger partial charge on any atom is 1.00 e. The molecule has 0 amide bonds. The number of sulfone groups is 1. The van der Waals surface area contributed by atoms with Crippen molar-refractivity contribution in [3.63, 3.8) is 0 Å². The van der Waals surface area contributed by atoms with E-state index in [1.54, 1.807) is 0 Å². The van der Waals surface area contributed by atoms with Crippen LogP contribution in [0.2, 0.25) is 0 Å². The minimum atomic E-state index is -3.59. The van der Waals surface area contributed by atoms with Gasteiger partial charge in [0.1, 0.15) is 5.08 Å². The average molecular weight is 241 g/mol. The van der Waals surface area contributed by atoms with Crippen molar-refractivity contribution >= 4 is 20.9 Å². The second-order valence-corrected chi connectivity index (χ2v) is 5.04. The van der Waals surface area contributed by atoms with Crippen LogP contribution in [0.4, 0.5) is 0 Å². The van der Waals surface area contributed by atoms with Crippen LogP contribution in [0.25, 0.3) is 0 Å². The third-order valence-electron chi connectivity index (χ3n) is 0.678. The van der Waals surface area contributed by atoms with Gasteiger partial charge in [0, 0.05) is 0 Å². The number of aliphatic hydroxyl groups is 1. The summed E-state index contributed by atoms with van der Waals surface area (Å²) in [7, 11) is -3.59. The smallest absolute Gasteiger partial charge is 0.772 e. The Labute approximate surface area is 118 Å². The molecule has 1 N–H and O–H groups in total. The van der Waals surface area contributed by atoms with Crippen LogP contribution < -0.4 is 51.4 Å². The van der Waals surface area contributed by atoms with E-state index in [4.69, 9.17) is 5.11 Å². The second kappa shape index (κ2) is 9.22. The van der Waals surface area contributed by atoms with Crippen LogP contribution >= 0.6 is 0 Å². The predicted octanol–water partition coefficient (Wildman–Crippen LogP) is -4.32. The molecule has 1 atom stereocenters. The Balaban J connectivity index is -0.000000405. The molecule has 0 fully saturated rings. The van der Waals surface area contributed by atoms with Gasteiger partial charge in [-0.05, 0) is 11.1 Å². The first-order valence-electron chi connectivity index (χ1n) is 2.35. The fraction of sp³-hybridized carbons (Fsp3) is 0.750. The van der Waals surface area contributed by atoms with E-state index in [9.17, 15) is 17.2 Å². The zero-order chi connectivity index (χ0) is 8.20. The summed E-state index contributed by atoms with van der Waals surface area (Å²) in [6.07, 6.45) is 0. The number of hydrogen-bond donors (Lipinski definition) is 1. The predicted molar refractivity (Wildman–Crippen MR) is 41.1 cm³/mol. The van der Waals surface area contributed by atoms with E-state index in [-0.39, 0.29) is 58.8 Å². The third kappa shape index (κ3) is 11.7. The van der Waals surface area contributed by atoms with Crippen molar-refractivity contribution in [2.75, 3.05) is 17.4 Å². The molecule has 8 heteroatoms. The molecule has 0 saturated carbocycles. The molecule has 12 heavy (non-hydrogen) atoms. The van der Waals surface area contributed by atoms with Crippen LogP contribution in [0.5, 0.6) is 0 Å². The standard InChI is InChI=1S/C3H8O5S2.CH3.K/c4-1-2-10(7,8)3-9(5)6;;/h4H,1-3H2,(H,5,6);1H3;/q;-1;+1/p-1. The minimum Gasteiger partial charge on any atom is -0.772 e. The summed E-state index contributed by atoms with van der Waals surface area (Å²) < 4.78 is 40.6. The summed E-state index contributed by atoms with van der Waals surface area (Å²) in [4.78, 5) is 0. The van der Waals surface area contributed by atoms with Crippen LogP contribution in [0.1, 0.15) is 0 Å². The molecule has 0 aromatic rings. The van der Waals surface area contributed by atoms with Gasteiger partial charge in [0.2, 0.25) is 0 Å². The van der Waals surface area contributed by atoms with Gasteiger partial charge in [-0.15, -0.1) is 0 Å². The number of rotatable bonds is 4. The summed E-state index contributed by atoms with van der Waals surface area (Å²) in [6, 6.07) is 0. The van der Waals surface area contributed by atoms with Gasteiger partial charge in [0.25, 0.3) is 0 Å². The van der Waals surface area contributed by atoms with Gasteiger partial charge in [0.15, 0.2) is 9.84 Å². The first-order chi connectivity index (χ1) is 4.48. The topological polar surface area (TPSA) is 94.5 Å². The van der Waals surface area contributed by atoms with Gasteiger partial charge >= 0.3 is 51.4 Å². The summed E-state index contributed by atoms with van der Waals surface area (Å²) in [5.41, 5.74) is 0. The summed E-state index contributed by atoms with van der Waals surface area (Å²) in [6.45, 7) is -0.542. The molecular weight excluding hydrogens is 231 g/mol. The molecule has 1 unspecified atom stereocenters. The SMILES string of the molecule is O=S([O-])CS(=O)(=O)CCO.[CH3-].[K+]. The molecular formula is C4H10KO5S2-. The molecule has 0 radical (unpaired) electrons. The van der Waals surface area contributed by atoms with Crippen molar-refractivity contribution in [1.29, 1.82) is 0 Å². The van der Waals surface area contributed by atoms with E-state index in [0.717, 1.165) is 0 Å². The quantitative estimate of drug-likeness (QED) is 0.305. The Kier molecular flexibility index (Phi) is 14.8. The Bertz CT molecular complexity index is 211. The Morgan fingerprint density at radius 1 is 1.42 bits per heavy atom. The Hall–Kier alpha value is 1.66. The molecule has 0 rings (SSSR count). The van der Waals surface area contributed by atoms with Crippen molar-refractivity contribution in [3.8, 4) is 0 Å². The van der Waals surface area contributed by atoms with Gasteiger partial charge in [-0.2, -0.15) is 0 Å². The minimum absolute atomic E-state index is 0. The average Bonchev–Trinajstić information content (AvgIpc) is 1.59. The zero-order valence-corrected chi connectivity index (χ0v) is 11.8. The summed E-state index contributed by atoms with van der Waals surface area (Å²) in [5, 5.41) is 7.23. The van der Waals surface area contributed by atoms with E-state index < -0.39 is 38.4 Å². The van der Waals surface area contributed by atoms with Gasteiger partial charge < -0.3 is 17.1 Å². The Morgan fingerprint density at radius 2 is 1.83 bits per heavy atom. The van der Waals surface area contributed by atoms with E-state index in [0.29, 0.717) is 0 Å². The van der Waals surface area contributed by atoms with Crippen LogP contribution in [0.3, 0.4) is 0 Å². The molecule has 0 bridgehead atoms. The van der Waals surface area contributed by atoms with Gasteiger partial charge in [-0.1, -0.05) is 0 Å². The van der Waals surface area contributed by atoms with Gasteiger partial charge in [0.05, 0.1) is 12.4 Å². The fourth-order valence-electron chi connectivity index (χ4n) is 0.345. The molecule has 0 saturated heterocycles. The Morgan fingerprint density at radius 3 is 2.08 bits per heavy atom. The van der Waals surface area contributed by atoms with Crippen LogP contribution in [-0.2, 0) is 20.9 Å². The summed E-state index contributed by atoms with van der Waals surface area (Å²) >= 11 is -2.59. The van der Waals surface area contributed by atoms with E-state index in [1.807, 2.05) is 0 Å². The largest absolute Gasteiger partial charge is 1.00 e. The monoisotopic (exact) mass is 241 g/mol. The first-order valence-corrected chi connectivity index (χ1v) is 5.41. The van der Waals surface area contributed by atoms with E-state index >= 15 is 0 Å². The third-order valence-corrected chi connectivity index (χ3v) is 3.69. The second-order valence-electron chi connectivity index (χ2n) is 1.59. The maximum absolute atomic E-state index is 10.5. The molecule has 70 valence electrons. The van der Waals surface area contributed by atoms with Crippen LogP contribution in [-0.4, -0.2) is 39.7 Å². The van der Waals surface area contributed by atoms with Crippen molar-refractivity contribution < 1.29 is 73.7 Å². The van der Waals surface area contributed by atoms with Crippen molar-refractivity contribution in [3.05, 3.63) is 7.43 Å². The summed E-state index contributed by atoms with van der Waals surface area (Å²) in [5.74, 6) is -0.499. The van der Waals surface area contributed by atoms with Crippen molar-refractivity contribution in [2.24, 2.45) is 0 Å². The van der Waals surface area contributed by atoms with E-state index in [2.05, 4.69) is 0 Å². The van der Waals surface area contributed by atoms with Crippen molar-refractivity contribution in [1.82, 2.24) is 0 Å². The molecule has 0 heterocycles. The first kappa shape index (κ1) is 19.3. The van der Waals surface area contributed by atoms with E-state index in [1.165, 1.54) is 0 Å². The maximum atomic E-state index is 10.5. The van der Waals surface area contributed by atoms with Crippen molar-refractivity contribution in [2.45, 2.75) is 0 Å². The zero-order valence-electron chi connectivity index (χ0n) is 7.02. The number of hydrogen-bond acceptors (Lipinski definition) is 5. The molecule has 0 aliphatic heterocycles. The molecule has 0 spiro atoms. The van der Waals surface area contributed by atoms with Crippen LogP contribution in [0.15, 0.2) is 0 Å². The molecule has 0 aromatic carbocycles. The van der Waals surface area contributed by atoms with Gasteiger partial charge in [-0.3, -0.25) is 4.21 Å². The van der Waals surface area contributed by atoms with Gasteiger partial charge in [-0.25, -0.2) is 8.42 Å². The molecule has 5 nitrogen and oxygen atoms in total.